The molecule has 1 unspecified atom stereocenters. The molecule has 0 saturated carbocycles. The number of aryl methyl sites for hydroxylation is 1. The van der Waals surface area contributed by atoms with Gasteiger partial charge in [-0.25, -0.2) is 8.78 Å². The van der Waals surface area contributed by atoms with Crippen LogP contribution in [0.15, 0.2) is 53.5 Å². The number of hydrogen-bond donors (Lipinski definition) is 2. The number of halogens is 6. The third-order valence-electron chi connectivity index (χ3n) is 6.68. The van der Waals surface area contributed by atoms with E-state index in [1.54, 1.807) is 0 Å². The van der Waals surface area contributed by atoms with Crippen LogP contribution in [-0.2, 0) is 10.8 Å². The zero-order chi connectivity index (χ0) is 30.9. The van der Waals surface area contributed by atoms with Gasteiger partial charge < -0.3 is 24.8 Å². The first kappa shape index (κ1) is 30.4. The molecule has 2 amide bonds. The average Bonchev–Trinajstić information content (AvgIpc) is 3.23. The second-order valence-corrected chi connectivity index (χ2v) is 9.26. The van der Waals surface area contributed by atoms with Gasteiger partial charge in [-0.05, 0) is 42.8 Å². The van der Waals surface area contributed by atoms with Gasteiger partial charge in [-0.2, -0.15) is 17.6 Å². The molecule has 4 rings (SSSR count). The number of alkyl halides is 4. The first-order valence-electron chi connectivity index (χ1n) is 12.2. The third-order valence-corrected chi connectivity index (χ3v) is 6.68. The summed E-state index contributed by atoms with van der Waals surface area (Å²) in [5, 5.41) is 11.4. The summed E-state index contributed by atoms with van der Waals surface area (Å²) < 4.78 is 92.9. The number of methoxy groups -OCH3 is 1. The lowest BCUT2D eigenvalue weighted by atomic mass is 9.92. The number of aromatic nitrogens is 1. The molecular weight excluding hydrogens is 576 g/mol. The molecule has 3 aromatic rings. The summed E-state index contributed by atoms with van der Waals surface area (Å²) in [6.45, 7) is -4.13. The van der Waals surface area contributed by atoms with Crippen molar-refractivity contribution in [3.8, 4) is 11.5 Å². The van der Waals surface area contributed by atoms with Gasteiger partial charge in [-0.3, -0.25) is 19.0 Å². The largest absolute Gasteiger partial charge is 0.497 e. The Morgan fingerprint density at radius 3 is 2.26 bits per heavy atom. The van der Waals surface area contributed by atoms with Gasteiger partial charge in [0.05, 0.1) is 7.11 Å². The quantitative estimate of drug-likeness (QED) is 0.365. The number of nitrogens with zero attached hydrogens (tertiary/aromatic N) is 2. The topological polar surface area (TPSA) is 110 Å². The van der Waals surface area contributed by atoms with Gasteiger partial charge in [-0.15, -0.1) is 0 Å². The summed E-state index contributed by atoms with van der Waals surface area (Å²) in [7, 11) is 1.17. The molecule has 0 bridgehead atoms. The maximum Gasteiger partial charge on any atom is 0.387 e. The van der Waals surface area contributed by atoms with Gasteiger partial charge in [0.1, 0.15) is 41.5 Å². The molecule has 42 heavy (non-hydrogen) atoms. The van der Waals surface area contributed by atoms with Crippen molar-refractivity contribution in [2.24, 2.45) is 0 Å². The van der Waals surface area contributed by atoms with E-state index >= 15 is 8.78 Å². The molecule has 1 saturated heterocycles. The van der Waals surface area contributed by atoms with Crippen molar-refractivity contribution in [3.63, 3.8) is 0 Å². The van der Waals surface area contributed by atoms with E-state index in [9.17, 15) is 31.9 Å². The molecule has 224 valence electrons. The van der Waals surface area contributed by atoms with Crippen molar-refractivity contribution >= 4 is 17.5 Å². The van der Waals surface area contributed by atoms with Crippen molar-refractivity contribution in [2.75, 3.05) is 25.2 Å². The molecule has 0 radical (unpaired) electrons. The van der Waals surface area contributed by atoms with E-state index in [2.05, 4.69) is 10.1 Å². The van der Waals surface area contributed by atoms with E-state index in [1.807, 2.05) is 0 Å². The number of rotatable bonds is 9. The number of carbonyl (C=O) groups is 2. The molecule has 1 fully saturated rings. The SMILES string of the molecule is COc1cc(F)c([C@@H]2CN(c3c(C)ccn(C(F)(F)CO)c3=O)C(=O)C2NC(=O)c2ccc(OC(F)F)cc2)c(F)c1. The van der Waals surface area contributed by atoms with E-state index in [0.29, 0.717) is 0 Å². The predicted molar refractivity (Wildman–Crippen MR) is 135 cm³/mol. The van der Waals surface area contributed by atoms with Crippen molar-refractivity contribution < 1.29 is 50.5 Å². The van der Waals surface area contributed by atoms with Crippen LogP contribution in [0.4, 0.5) is 32.0 Å². The Bertz CT molecular complexity index is 1540. The summed E-state index contributed by atoms with van der Waals surface area (Å²) in [4.78, 5) is 40.6. The van der Waals surface area contributed by atoms with Crippen LogP contribution >= 0.6 is 0 Å². The van der Waals surface area contributed by atoms with Gasteiger partial charge in [0.15, 0.2) is 0 Å². The molecule has 9 nitrogen and oxygen atoms in total. The Morgan fingerprint density at radius 1 is 1.10 bits per heavy atom. The Labute approximate surface area is 233 Å². The zero-order valence-corrected chi connectivity index (χ0v) is 21.9. The van der Waals surface area contributed by atoms with Crippen molar-refractivity contribution in [1.29, 1.82) is 0 Å². The highest BCUT2D eigenvalue weighted by molar-refractivity contribution is 6.05. The van der Waals surface area contributed by atoms with Crippen LogP contribution in [0.5, 0.6) is 11.5 Å². The molecule has 2 N–H and O–H groups in total. The molecule has 2 heterocycles. The molecule has 0 aliphatic carbocycles. The number of aliphatic hydroxyl groups excluding tert-OH is 1. The standard InChI is InChI=1S/C27H23F6N3O6/c1-13-7-8-36(27(32,33)12-37)25(40)22(13)35-11-17(20-18(28)9-16(41-2)10-19(20)29)21(24(35)39)34-23(38)14-3-5-15(6-4-14)42-26(30)31/h3-10,17,21,26,37H,11-12H2,1-2H3,(H,34,38)/t17-,21?/m0/s1. The Morgan fingerprint density at radius 2 is 1.71 bits per heavy atom. The lowest BCUT2D eigenvalue weighted by Crippen LogP contribution is -2.45. The highest BCUT2D eigenvalue weighted by Crippen LogP contribution is 2.37. The van der Waals surface area contributed by atoms with Gasteiger partial charge in [0.25, 0.3) is 11.5 Å². The Balaban J connectivity index is 1.78. The van der Waals surface area contributed by atoms with Gasteiger partial charge in [0, 0.05) is 41.9 Å². The van der Waals surface area contributed by atoms with Crippen LogP contribution in [0.3, 0.4) is 0 Å². The number of hydrogen-bond acceptors (Lipinski definition) is 6. The third kappa shape index (κ3) is 5.77. The normalized spacial score (nSPS) is 17.1. The molecule has 0 spiro atoms. The first-order valence-corrected chi connectivity index (χ1v) is 12.2. The van der Waals surface area contributed by atoms with Gasteiger partial charge in [0.2, 0.25) is 5.91 Å². The Hall–Kier alpha value is -4.53. The summed E-state index contributed by atoms with van der Waals surface area (Å²) in [5.74, 6) is -6.21. The molecule has 1 aliphatic heterocycles. The minimum absolute atomic E-state index is 0.0503. The molecule has 1 aromatic heterocycles. The second-order valence-electron chi connectivity index (χ2n) is 9.26. The number of benzene rings is 2. The number of amides is 2. The van der Waals surface area contributed by atoms with E-state index < -0.39 is 78.0 Å². The number of carbonyl (C=O) groups excluding carboxylic acids is 2. The predicted octanol–water partition coefficient (Wildman–Crippen LogP) is 3.52. The summed E-state index contributed by atoms with van der Waals surface area (Å²) in [6, 6.07) is 1.34. The van der Waals surface area contributed by atoms with Gasteiger partial charge in [-0.1, -0.05) is 0 Å². The van der Waals surface area contributed by atoms with Crippen LogP contribution in [-0.4, -0.2) is 54.4 Å². The van der Waals surface area contributed by atoms with Crippen molar-refractivity contribution in [1.82, 2.24) is 9.88 Å². The van der Waals surface area contributed by atoms with E-state index in [0.717, 1.165) is 53.6 Å². The fourth-order valence-corrected chi connectivity index (χ4v) is 4.68. The lowest BCUT2D eigenvalue weighted by Gasteiger charge is -2.23. The highest BCUT2D eigenvalue weighted by atomic mass is 19.3. The van der Waals surface area contributed by atoms with E-state index in [4.69, 9.17) is 9.84 Å². The van der Waals surface area contributed by atoms with Crippen LogP contribution < -0.4 is 25.2 Å². The molecule has 15 heteroatoms. The number of aliphatic hydroxyl groups is 1. The minimum atomic E-state index is -4.04. The fraction of sp³-hybridized carbons (Fsp3) is 0.296. The van der Waals surface area contributed by atoms with Crippen LogP contribution in [0.2, 0.25) is 0 Å². The van der Waals surface area contributed by atoms with E-state index in [-0.39, 0.29) is 27.2 Å². The maximum absolute atomic E-state index is 15.2. The Kier molecular flexibility index (Phi) is 8.52. The number of nitrogens with one attached hydrogen (secondary N) is 1. The smallest absolute Gasteiger partial charge is 0.387 e. The van der Waals surface area contributed by atoms with Crippen LogP contribution in [0.25, 0.3) is 0 Å². The van der Waals surface area contributed by atoms with Crippen LogP contribution in [0, 0.1) is 18.6 Å². The summed E-state index contributed by atoms with van der Waals surface area (Å²) >= 11 is 0. The number of ether oxygens (including phenoxy) is 2. The first-order chi connectivity index (χ1) is 19.8. The monoisotopic (exact) mass is 599 g/mol. The maximum atomic E-state index is 15.2. The molecule has 2 atom stereocenters. The van der Waals surface area contributed by atoms with Gasteiger partial charge >= 0.3 is 12.7 Å². The summed E-state index contributed by atoms with van der Waals surface area (Å²) in [6.07, 6.45) is 0.721. The number of anilines is 1. The fourth-order valence-electron chi connectivity index (χ4n) is 4.68. The summed E-state index contributed by atoms with van der Waals surface area (Å²) in [5.41, 5.74) is -2.67. The minimum Gasteiger partial charge on any atom is -0.497 e. The van der Waals surface area contributed by atoms with Crippen LogP contribution in [0.1, 0.15) is 27.4 Å². The lowest BCUT2D eigenvalue weighted by molar-refractivity contribution is -0.124. The molecular formula is C27H23F6N3O6. The molecule has 2 aromatic carbocycles. The average molecular weight is 599 g/mol. The highest BCUT2D eigenvalue weighted by Gasteiger charge is 2.47. The van der Waals surface area contributed by atoms with E-state index in [1.165, 1.54) is 14.0 Å². The van der Waals surface area contributed by atoms with Crippen molar-refractivity contribution in [3.05, 3.63) is 87.3 Å². The number of pyridine rings is 1. The molecule has 1 aliphatic rings. The second kappa shape index (κ2) is 11.8. The van der Waals surface area contributed by atoms with Crippen molar-refractivity contribution in [2.45, 2.75) is 31.5 Å². The zero-order valence-electron chi connectivity index (χ0n) is 21.9.